The third kappa shape index (κ3) is 19.4. The number of rotatable bonds is 4. The van der Waals surface area contributed by atoms with Crippen LogP contribution >= 0.6 is 45.2 Å². The summed E-state index contributed by atoms with van der Waals surface area (Å²) in [5.41, 5.74) is 23.1. The third-order valence-corrected chi connectivity index (χ3v) is 4.01. The Morgan fingerprint density at radius 1 is 0.793 bits per heavy atom. The SMILES string of the molecule is NC(N)=NCc1cccc(I)c1.NC(N)=NCc1cccc(I)c1.O=S(=O)(O)O. The van der Waals surface area contributed by atoms with Crippen molar-refractivity contribution in [3.8, 4) is 0 Å². The van der Waals surface area contributed by atoms with Gasteiger partial charge in [0.15, 0.2) is 11.9 Å². The zero-order valence-corrected chi connectivity index (χ0v) is 20.2. The lowest BCUT2D eigenvalue weighted by Gasteiger charge is -1.97. The van der Waals surface area contributed by atoms with Crippen LogP contribution < -0.4 is 22.9 Å². The van der Waals surface area contributed by atoms with Crippen molar-refractivity contribution in [2.45, 2.75) is 13.1 Å². The molecule has 29 heavy (non-hydrogen) atoms. The van der Waals surface area contributed by atoms with Gasteiger partial charge >= 0.3 is 10.4 Å². The van der Waals surface area contributed by atoms with E-state index in [9.17, 15) is 0 Å². The van der Waals surface area contributed by atoms with Crippen LogP contribution in [0.5, 0.6) is 0 Å². The molecule has 13 heteroatoms. The van der Waals surface area contributed by atoms with E-state index in [1.807, 2.05) is 48.5 Å². The quantitative estimate of drug-likeness (QED) is 0.124. The summed E-state index contributed by atoms with van der Waals surface area (Å²) in [6, 6.07) is 16.1. The van der Waals surface area contributed by atoms with E-state index in [4.69, 9.17) is 40.5 Å². The number of hydrogen-bond acceptors (Lipinski definition) is 4. The Balaban J connectivity index is 0.000000442. The molecular weight excluding hydrogens is 626 g/mol. The molecule has 0 radical (unpaired) electrons. The molecule has 2 aromatic carbocycles. The van der Waals surface area contributed by atoms with Crippen LogP contribution in [0.2, 0.25) is 0 Å². The molecule has 0 aromatic heterocycles. The second-order valence-electron chi connectivity index (χ2n) is 5.19. The minimum Gasteiger partial charge on any atom is -0.370 e. The molecule has 0 amide bonds. The van der Waals surface area contributed by atoms with Crippen LogP contribution in [0.3, 0.4) is 0 Å². The van der Waals surface area contributed by atoms with Gasteiger partial charge in [0.1, 0.15) is 0 Å². The molecule has 2 aromatic rings. The Labute approximate surface area is 196 Å². The van der Waals surface area contributed by atoms with Crippen molar-refractivity contribution in [1.82, 2.24) is 0 Å². The molecule has 0 aliphatic heterocycles. The van der Waals surface area contributed by atoms with Crippen molar-refractivity contribution in [3.05, 3.63) is 66.8 Å². The summed E-state index contributed by atoms with van der Waals surface area (Å²) < 4.78 is 34.0. The predicted octanol–water partition coefficient (Wildman–Crippen LogP) is 1.48. The van der Waals surface area contributed by atoms with Gasteiger partial charge in [0, 0.05) is 7.14 Å². The van der Waals surface area contributed by atoms with Crippen LogP contribution in [0.1, 0.15) is 11.1 Å². The van der Waals surface area contributed by atoms with Gasteiger partial charge < -0.3 is 22.9 Å². The van der Waals surface area contributed by atoms with Crippen LogP contribution in [0.25, 0.3) is 0 Å². The molecule has 0 saturated heterocycles. The highest BCUT2D eigenvalue weighted by atomic mass is 127. The summed E-state index contributed by atoms with van der Waals surface area (Å²) in [7, 11) is -4.67. The molecule has 0 saturated carbocycles. The molecule has 0 unspecified atom stereocenters. The zero-order chi connectivity index (χ0) is 22.4. The summed E-state index contributed by atoms with van der Waals surface area (Å²) in [5, 5.41) is 0. The maximum Gasteiger partial charge on any atom is 0.394 e. The van der Waals surface area contributed by atoms with Crippen LogP contribution in [0.15, 0.2) is 58.5 Å². The van der Waals surface area contributed by atoms with Gasteiger partial charge in [0.25, 0.3) is 0 Å². The summed E-state index contributed by atoms with van der Waals surface area (Å²) in [4.78, 5) is 7.81. The van der Waals surface area contributed by atoms with Gasteiger partial charge in [0.05, 0.1) is 13.1 Å². The van der Waals surface area contributed by atoms with Crippen molar-refractivity contribution in [3.63, 3.8) is 0 Å². The van der Waals surface area contributed by atoms with E-state index in [2.05, 4.69) is 55.2 Å². The van der Waals surface area contributed by atoms with Gasteiger partial charge in [-0.3, -0.25) is 9.11 Å². The molecule has 0 bridgehead atoms. The van der Waals surface area contributed by atoms with Gasteiger partial charge in [0.2, 0.25) is 0 Å². The second-order valence-corrected chi connectivity index (χ2v) is 8.58. The van der Waals surface area contributed by atoms with E-state index in [0.29, 0.717) is 13.1 Å². The van der Waals surface area contributed by atoms with Crippen LogP contribution in [-0.4, -0.2) is 29.4 Å². The average Bonchev–Trinajstić information content (AvgIpc) is 2.57. The summed E-state index contributed by atoms with van der Waals surface area (Å²) >= 11 is 4.50. The van der Waals surface area contributed by atoms with Gasteiger partial charge in [-0.05, 0) is 80.6 Å². The van der Waals surface area contributed by atoms with E-state index >= 15 is 0 Å². The number of nitrogens with two attached hydrogens (primary N) is 4. The molecule has 0 heterocycles. The van der Waals surface area contributed by atoms with Gasteiger partial charge in [-0.1, -0.05) is 24.3 Å². The lowest BCUT2D eigenvalue weighted by atomic mass is 10.2. The first kappa shape index (κ1) is 27.3. The predicted molar refractivity (Wildman–Crippen MR) is 132 cm³/mol. The van der Waals surface area contributed by atoms with Crippen molar-refractivity contribution < 1.29 is 17.5 Å². The van der Waals surface area contributed by atoms with Crippen molar-refractivity contribution in [1.29, 1.82) is 0 Å². The average molecular weight is 648 g/mol. The molecule has 0 fully saturated rings. The Morgan fingerprint density at radius 3 is 1.34 bits per heavy atom. The first-order chi connectivity index (χ1) is 13.4. The highest BCUT2D eigenvalue weighted by Crippen LogP contribution is 2.09. The first-order valence-corrected chi connectivity index (χ1v) is 11.2. The Morgan fingerprint density at radius 2 is 1.10 bits per heavy atom. The van der Waals surface area contributed by atoms with E-state index in [-0.39, 0.29) is 11.9 Å². The van der Waals surface area contributed by atoms with E-state index < -0.39 is 10.4 Å². The Hall–Kier alpha value is -1.69. The minimum atomic E-state index is -4.67. The smallest absolute Gasteiger partial charge is 0.370 e. The number of benzene rings is 2. The van der Waals surface area contributed by atoms with E-state index in [1.54, 1.807) is 0 Å². The second kappa shape index (κ2) is 14.3. The highest BCUT2D eigenvalue weighted by molar-refractivity contribution is 14.1. The number of nitrogens with zero attached hydrogens (tertiary/aromatic N) is 2. The number of guanidine groups is 2. The summed E-state index contributed by atoms with van der Waals surface area (Å²) in [6.45, 7) is 1.11. The fourth-order valence-electron chi connectivity index (χ4n) is 1.64. The normalized spacial score (nSPS) is 9.79. The number of hydrogen-bond donors (Lipinski definition) is 6. The maximum absolute atomic E-state index is 8.74. The van der Waals surface area contributed by atoms with Crippen LogP contribution in [0.4, 0.5) is 0 Å². The molecule has 10 N–H and O–H groups in total. The first-order valence-electron chi connectivity index (χ1n) is 7.66. The van der Waals surface area contributed by atoms with Crippen LogP contribution in [0, 0.1) is 7.14 Å². The maximum atomic E-state index is 8.74. The topological polar surface area (TPSA) is 203 Å². The van der Waals surface area contributed by atoms with E-state index in [1.165, 1.54) is 7.14 Å². The number of halogens is 2. The van der Waals surface area contributed by atoms with Gasteiger partial charge in [-0.25, -0.2) is 9.98 Å². The van der Waals surface area contributed by atoms with Gasteiger partial charge in [-0.15, -0.1) is 0 Å². The lowest BCUT2D eigenvalue weighted by Crippen LogP contribution is -2.22. The molecule has 0 atom stereocenters. The van der Waals surface area contributed by atoms with Gasteiger partial charge in [-0.2, -0.15) is 8.42 Å². The summed E-state index contributed by atoms with van der Waals surface area (Å²) in [6.07, 6.45) is 0. The fourth-order valence-corrected chi connectivity index (χ4v) is 2.85. The molecule has 0 aliphatic carbocycles. The van der Waals surface area contributed by atoms with Crippen LogP contribution in [-0.2, 0) is 23.5 Å². The third-order valence-electron chi connectivity index (χ3n) is 2.67. The summed E-state index contributed by atoms with van der Waals surface area (Å²) in [5.74, 6) is 0.266. The molecule has 0 aliphatic rings. The Bertz CT molecular complexity index is 861. The minimum absolute atomic E-state index is 0.133. The molecule has 0 spiro atoms. The lowest BCUT2D eigenvalue weighted by molar-refractivity contribution is 0.381. The Kier molecular flexibility index (Phi) is 13.5. The van der Waals surface area contributed by atoms with Crippen molar-refractivity contribution in [2.75, 3.05) is 0 Å². The molecule has 2 rings (SSSR count). The zero-order valence-electron chi connectivity index (χ0n) is 15.1. The van der Waals surface area contributed by atoms with Crippen molar-refractivity contribution in [2.24, 2.45) is 32.9 Å². The highest BCUT2D eigenvalue weighted by Gasteiger charge is 1.92. The number of aliphatic imine (C=N–C) groups is 2. The molecule has 10 nitrogen and oxygen atoms in total. The standard InChI is InChI=1S/2C8H10IN3.H2O4S/c2*9-7-3-1-2-6(4-7)5-12-8(10)11;1-5(2,3)4/h2*1-4H,5H2,(H4,10,11,12);(H2,1,2,3,4). The fraction of sp³-hybridized carbons (Fsp3) is 0.125. The van der Waals surface area contributed by atoms with E-state index in [0.717, 1.165) is 11.1 Å². The molecular formula is C16H22I2N6O4S. The largest absolute Gasteiger partial charge is 0.394 e. The monoisotopic (exact) mass is 648 g/mol. The molecule has 160 valence electrons. The van der Waals surface area contributed by atoms with Crippen molar-refractivity contribution >= 4 is 67.5 Å².